The summed E-state index contributed by atoms with van der Waals surface area (Å²) in [5, 5.41) is 0.267. The molecule has 8 heteroatoms. The molecule has 33 heavy (non-hydrogen) atoms. The van der Waals surface area contributed by atoms with Gasteiger partial charge in [0.05, 0.1) is 17.5 Å². The SMILES string of the molecule is Cc1oc2ccn(Cc3cccc(F)c3)c(=O)c2c1C(=O)N1CCN(c2ccccn2)CC1. The van der Waals surface area contributed by atoms with E-state index >= 15 is 0 Å². The molecule has 0 unspecified atom stereocenters. The third kappa shape index (κ3) is 4.00. The molecular formula is C25H23FN4O3. The van der Waals surface area contributed by atoms with Gasteiger partial charge in [0.1, 0.15) is 23.0 Å². The van der Waals surface area contributed by atoms with E-state index < -0.39 is 0 Å². The highest BCUT2D eigenvalue weighted by Gasteiger charge is 2.28. The average molecular weight is 446 g/mol. The van der Waals surface area contributed by atoms with E-state index in [1.54, 1.807) is 42.4 Å². The van der Waals surface area contributed by atoms with Gasteiger partial charge in [0, 0.05) is 38.6 Å². The predicted octanol–water partition coefficient (Wildman–Crippen LogP) is 3.45. The fourth-order valence-electron chi connectivity index (χ4n) is 4.32. The van der Waals surface area contributed by atoms with Crippen LogP contribution in [0.2, 0.25) is 0 Å². The van der Waals surface area contributed by atoms with Crippen molar-refractivity contribution in [3.05, 3.63) is 94.0 Å². The van der Waals surface area contributed by atoms with Crippen molar-refractivity contribution in [3.63, 3.8) is 0 Å². The second-order valence-electron chi connectivity index (χ2n) is 8.12. The third-order valence-corrected chi connectivity index (χ3v) is 5.99. The molecule has 4 aromatic rings. The Morgan fingerprint density at radius 3 is 2.64 bits per heavy atom. The van der Waals surface area contributed by atoms with Crippen LogP contribution >= 0.6 is 0 Å². The van der Waals surface area contributed by atoms with E-state index in [9.17, 15) is 14.0 Å². The summed E-state index contributed by atoms with van der Waals surface area (Å²) in [6.07, 6.45) is 3.36. The van der Waals surface area contributed by atoms with Crippen LogP contribution in [0.15, 0.2) is 70.1 Å². The minimum absolute atomic E-state index is 0.202. The lowest BCUT2D eigenvalue weighted by Gasteiger charge is -2.35. The molecular weight excluding hydrogens is 423 g/mol. The Bertz CT molecular complexity index is 1370. The maximum atomic E-state index is 13.6. The Morgan fingerprint density at radius 1 is 1.09 bits per heavy atom. The summed E-state index contributed by atoms with van der Waals surface area (Å²) < 4.78 is 20.8. The maximum absolute atomic E-state index is 13.6. The number of amides is 1. The number of carbonyl (C=O) groups excluding carboxylic acids is 1. The number of pyridine rings is 2. The van der Waals surface area contributed by atoms with Crippen LogP contribution in [0.1, 0.15) is 21.7 Å². The second-order valence-corrected chi connectivity index (χ2v) is 8.12. The molecule has 0 saturated carbocycles. The number of nitrogens with zero attached hydrogens (tertiary/aromatic N) is 4. The van der Waals surface area contributed by atoms with Crippen molar-refractivity contribution >= 4 is 22.7 Å². The van der Waals surface area contributed by atoms with Gasteiger partial charge in [-0.15, -0.1) is 0 Å². The van der Waals surface area contributed by atoms with Gasteiger partial charge in [-0.1, -0.05) is 18.2 Å². The number of aromatic nitrogens is 2. The highest BCUT2D eigenvalue weighted by molar-refractivity contribution is 6.07. The Labute approximate surface area is 189 Å². The van der Waals surface area contributed by atoms with Crippen LogP contribution in [0.4, 0.5) is 10.2 Å². The number of furan rings is 1. The minimum atomic E-state index is -0.360. The molecule has 7 nitrogen and oxygen atoms in total. The first kappa shape index (κ1) is 20.9. The number of halogens is 1. The highest BCUT2D eigenvalue weighted by Crippen LogP contribution is 2.25. The van der Waals surface area contributed by atoms with Gasteiger partial charge < -0.3 is 18.8 Å². The quantitative estimate of drug-likeness (QED) is 0.480. The van der Waals surface area contributed by atoms with Gasteiger partial charge >= 0.3 is 0 Å². The van der Waals surface area contributed by atoms with Crippen molar-refractivity contribution in [1.29, 1.82) is 0 Å². The molecule has 1 fully saturated rings. The van der Waals surface area contributed by atoms with Crippen LogP contribution in [-0.4, -0.2) is 46.5 Å². The van der Waals surface area contributed by atoms with E-state index in [1.807, 2.05) is 18.2 Å². The first-order valence-corrected chi connectivity index (χ1v) is 10.8. The first-order chi connectivity index (χ1) is 16.0. The molecule has 3 aromatic heterocycles. The molecule has 1 saturated heterocycles. The van der Waals surface area contributed by atoms with Gasteiger partial charge in [0.25, 0.3) is 11.5 Å². The molecule has 1 aliphatic heterocycles. The summed E-state index contributed by atoms with van der Waals surface area (Å²) in [7, 11) is 0. The smallest absolute Gasteiger partial charge is 0.262 e. The summed E-state index contributed by atoms with van der Waals surface area (Å²) in [5.41, 5.74) is 1.01. The number of hydrogen-bond acceptors (Lipinski definition) is 5. The third-order valence-electron chi connectivity index (χ3n) is 5.99. The standard InChI is InChI=1S/C25H23FN4O3/c1-17-22(24(31)29-13-11-28(12-14-29)21-7-2-3-9-27-21)23-20(33-17)8-10-30(25(23)32)16-18-5-4-6-19(26)15-18/h2-10,15H,11-14,16H2,1H3. The molecule has 1 aromatic carbocycles. The fraction of sp³-hybridized carbons (Fsp3) is 0.240. The molecule has 0 radical (unpaired) electrons. The van der Waals surface area contributed by atoms with Crippen LogP contribution in [0, 0.1) is 12.7 Å². The van der Waals surface area contributed by atoms with Gasteiger partial charge in [0.2, 0.25) is 0 Å². The Morgan fingerprint density at radius 2 is 1.91 bits per heavy atom. The first-order valence-electron chi connectivity index (χ1n) is 10.8. The minimum Gasteiger partial charge on any atom is -0.460 e. The molecule has 168 valence electrons. The fourth-order valence-corrected chi connectivity index (χ4v) is 4.32. The summed E-state index contributed by atoms with van der Waals surface area (Å²) in [6.45, 7) is 4.25. The molecule has 5 rings (SSSR count). The Hall–Kier alpha value is -3.94. The van der Waals surface area contributed by atoms with E-state index in [0.717, 1.165) is 5.82 Å². The van der Waals surface area contributed by atoms with Gasteiger partial charge in [-0.05, 0) is 42.8 Å². The number of anilines is 1. The number of aryl methyl sites for hydroxylation is 1. The van der Waals surface area contributed by atoms with Crippen LogP contribution in [0.5, 0.6) is 0 Å². The number of hydrogen-bond donors (Lipinski definition) is 0. The second kappa shape index (κ2) is 8.54. The Balaban J connectivity index is 1.42. The van der Waals surface area contributed by atoms with Crippen molar-refractivity contribution < 1.29 is 13.6 Å². The highest BCUT2D eigenvalue weighted by atomic mass is 19.1. The van der Waals surface area contributed by atoms with Crippen molar-refractivity contribution in [3.8, 4) is 0 Å². The van der Waals surface area contributed by atoms with Crippen molar-refractivity contribution in [2.24, 2.45) is 0 Å². The molecule has 0 N–H and O–H groups in total. The largest absolute Gasteiger partial charge is 0.460 e. The van der Waals surface area contributed by atoms with Crippen LogP contribution in [-0.2, 0) is 6.54 Å². The maximum Gasteiger partial charge on any atom is 0.262 e. The zero-order valence-electron chi connectivity index (χ0n) is 18.2. The monoisotopic (exact) mass is 446 g/mol. The number of benzene rings is 1. The zero-order chi connectivity index (χ0) is 22.9. The molecule has 1 amide bonds. The molecule has 4 heterocycles. The molecule has 0 bridgehead atoms. The lowest BCUT2D eigenvalue weighted by molar-refractivity contribution is 0.0746. The topological polar surface area (TPSA) is 71.6 Å². The van der Waals surface area contributed by atoms with Crippen molar-refractivity contribution in [2.45, 2.75) is 13.5 Å². The van der Waals surface area contributed by atoms with E-state index in [0.29, 0.717) is 48.6 Å². The molecule has 1 aliphatic rings. The van der Waals surface area contributed by atoms with E-state index in [2.05, 4.69) is 9.88 Å². The lowest BCUT2D eigenvalue weighted by Crippen LogP contribution is -2.49. The van der Waals surface area contributed by atoms with Crippen LogP contribution < -0.4 is 10.5 Å². The summed E-state index contributed by atoms with van der Waals surface area (Å²) in [5.74, 6) is 0.728. The molecule has 0 atom stereocenters. The number of carbonyl (C=O) groups is 1. The number of fused-ring (bicyclic) bond motifs is 1. The van der Waals surface area contributed by atoms with Gasteiger partial charge in [0.15, 0.2) is 0 Å². The normalized spacial score (nSPS) is 14.1. The van der Waals surface area contributed by atoms with Gasteiger partial charge in [-0.3, -0.25) is 9.59 Å². The van der Waals surface area contributed by atoms with Crippen molar-refractivity contribution in [1.82, 2.24) is 14.5 Å². The molecule has 0 aliphatic carbocycles. The summed E-state index contributed by atoms with van der Waals surface area (Å²) in [6, 6.07) is 13.6. The summed E-state index contributed by atoms with van der Waals surface area (Å²) >= 11 is 0. The van der Waals surface area contributed by atoms with Gasteiger partial charge in [-0.25, -0.2) is 9.37 Å². The van der Waals surface area contributed by atoms with Crippen LogP contribution in [0.25, 0.3) is 11.0 Å². The number of rotatable bonds is 4. The van der Waals surface area contributed by atoms with E-state index in [-0.39, 0.29) is 29.2 Å². The van der Waals surface area contributed by atoms with Gasteiger partial charge in [-0.2, -0.15) is 0 Å². The van der Waals surface area contributed by atoms with Crippen molar-refractivity contribution in [2.75, 3.05) is 31.1 Å². The van der Waals surface area contributed by atoms with E-state index in [4.69, 9.17) is 4.42 Å². The zero-order valence-corrected chi connectivity index (χ0v) is 18.2. The Kier molecular flexibility index (Phi) is 5.42. The van der Waals surface area contributed by atoms with Crippen LogP contribution in [0.3, 0.4) is 0 Å². The molecule has 0 spiro atoms. The summed E-state index contributed by atoms with van der Waals surface area (Å²) in [4.78, 5) is 35.0. The van der Waals surface area contributed by atoms with E-state index in [1.165, 1.54) is 16.7 Å². The lowest BCUT2D eigenvalue weighted by atomic mass is 10.1. The predicted molar refractivity (Wildman–Crippen MR) is 123 cm³/mol. The number of piperazine rings is 1. The average Bonchev–Trinajstić information content (AvgIpc) is 3.18.